The number of rotatable bonds is 6. The fourth-order valence-electron chi connectivity index (χ4n) is 1.43. The van der Waals surface area contributed by atoms with Gasteiger partial charge in [-0.3, -0.25) is 4.21 Å². The Morgan fingerprint density at radius 3 is 2.68 bits per heavy atom. The highest BCUT2D eigenvalue weighted by atomic mass is 32.2. The predicted molar refractivity (Wildman–Crippen MR) is 68.4 cm³/mol. The fourth-order valence-corrected chi connectivity index (χ4v) is 2.68. The van der Waals surface area contributed by atoms with Gasteiger partial charge in [-0.05, 0) is 31.0 Å². The van der Waals surface area contributed by atoms with Gasteiger partial charge in [0.25, 0.3) is 0 Å². The molecule has 0 radical (unpaired) electrons. The number of hydrogen-bond acceptors (Lipinski definition) is 3. The first-order valence-electron chi connectivity index (χ1n) is 5.68. The van der Waals surface area contributed by atoms with Crippen molar-refractivity contribution in [2.45, 2.75) is 24.4 Å². The summed E-state index contributed by atoms with van der Waals surface area (Å²) in [6, 6.07) is 5.20. The Bertz CT molecular complexity index is 449. The number of nitrogens with two attached hydrogens (primary N) is 1. The van der Waals surface area contributed by atoms with Crippen LogP contribution >= 0.6 is 0 Å². The molecule has 0 fully saturated rings. The summed E-state index contributed by atoms with van der Waals surface area (Å²) < 4.78 is 51.8. The van der Waals surface area contributed by atoms with Crippen LogP contribution in [-0.2, 0) is 15.5 Å². The van der Waals surface area contributed by atoms with Crippen LogP contribution in [0, 0.1) is 6.92 Å². The van der Waals surface area contributed by atoms with Gasteiger partial charge in [-0.1, -0.05) is 6.07 Å². The molecule has 0 spiro atoms. The van der Waals surface area contributed by atoms with Crippen molar-refractivity contribution in [1.29, 1.82) is 0 Å². The van der Waals surface area contributed by atoms with Crippen LogP contribution in [0.2, 0.25) is 0 Å². The Balaban J connectivity index is 2.38. The molecule has 0 saturated heterocycles. The molecule has 19 heavy (non-hydrogen) atoms. The molecule has 108 valence electrons. The lowest BCUT2D eigenvalue weighted by Crippen LogP contribution is -2.18. The highest BCUT2D eigenvalue weighted by Gasteiger charge is 2.27. The second-order valence-electron chi connectivity index (χ2n) is 4.11. The number of benzene rings is 1. The molecular formula is C12H16F3NO2S. The third kappa shape index (κ3) is 6.07. The van der Waals surface area contributed by atoms with Crippen LogP contribution in [0.4, 0.5) is 18.9 Å². The summed E-state index contributed by atoms with van der Waals surface area (Å²) in [6.45, 7) is 0.510. The van der Waals surface area contributed by atoms with E-state index in [1.54, 1.807) is 12.1 Å². The van der Waals surface area contributed by atoms with Gasteiger partial charge in [0.2, 0.25) is 0 Å². The molecule has 0 aliphatic rings. The van der Waals surface area contributed by atoms with E-state index < -0.39 is 23.6 Å². The maximum Gasteiger partial charge on any atom is 0.411 e. The second kappa shape index (κ2) is 6.91. The minimum absolute atomic E-state index is 0.0724. The van der Waals surface area contributed by atoms with Gasteiger partial charge in [-0.25, -0.2) is 0 Å². The van der Waals surface area contributed by atoms with Crippen LogP contribution in [0.25, 0.3) is 0 Å². The quantitative estimate of drug-likeness (QED) is 0.648. The fraction of sp³-hybridized carbons (Fsp3) is 0.500. The molecule has 0 aromatic heterocycles. The van der Waals surface area contributed by atoms with Gasteiger partial charge in [0.15, 0.2) is 0 Å². The molecule has 0 saturated carbocycles. The average molecular weight is 295 g/mol. The third-order valence-electron chi connectivity index (χ3n) is 2.30. The zero-order chi connectivity index (χ0) is 14.5. The van der Waals surface area contributed by atoms with Crippen LogP contribution in [0.15, 0.2) is 23.1 Å². The summed E-state index contributed by atoms with van der Waals surface area (Å²) in [7, 11) is -1.32. The second-order valence-corrected chi connectivity index (χ2v) is 5.65. The molecule has 0 amide bonds. The minimum Gasteiger partial charge on any atom is -0.398 e. The number of hydrogen-bond donors (Lipinski definition) is 1. The van der Waals surface area contributed by atoms with Crippen LogP contribution in [-0.4, -0.2) is 29.4 Å². The number of halogens is 3. The Morgan fingerprint density at radius 1 is 1.37 bits per heavy atom. The van der Waals surface area contributed by atoms with Crippen LogP contribution in [0.5, 0.6) is 0 Å². The van der Waals surface area contributed by atoms with E-state index in [0.717, 1.165) is 5.56 Å². The number of alkyl halides is 3. The van der Waals surface area contributed by atoms with E-state index in [1.807, 2.05) is 13.0 Å². The zero-order valence-electron chi connectivity index (χ0n) is 10.5. The van der Waals surface area contributed by atoms with Crippen LogP contribution in [0.1, 0.15) is 12.0 Å². The largest absolute Gasteiger partial charge is 0.411 e. The maximum atomic E-state index is 11.9. The molecule has 0 heterocycles. The lowest BCUT2D eigenvalue weighted by Gasteiger charge is -2.08. The Hall–Kier alpha value is -1.08. The van der Waals surface area contributed by atoms with Gasteiger partial charge >= 0.3 is 6.18 Å². The average Bonchev–Trinajstić information content (AvgIpc) is 2.30. The van der Waals surface area contributed by atoms with Crippen molar-refractivity contribution >= 4 is 16.5 Å². The van der Waals surface area contributed by atoms with Crippen LogP contribution < -0.4 is 5.73 Å². The maximum absolute atomic E-state index is 11.9. The molecule has 1 atom stereocenters. The summed E-state index contributed by atoms with van der Waals surface area (Å²) in [5.41, 5.74) is 7.07. The van der Waals surface area contributed by atoms with Gasteiger partial charge in [-0.15, -0.1) is 0 Å². The number of anilines is 1. The van der Waals surface area contributed by atoms with E-state index in [0.29, 0.717) is 10.6 Å². The van der Waals surface area contributed by atoms with E-state index in [2.05, 4.69) is 4.74 Å². The standard InChI is InChI=1S/C12H16F3NO2S/c1-9-3-4-10(16)11(7-9)19(17)6-2-5-18-8-12(13,14)15/h3-4,7H,2,5-6,8,16H2,1H3. The highest BCUT2D eigenvalue weighted by Crippen LogP contribution is 2.19. The minimum atomic E-state index is -4.32. The van der Waals surface area contributed by atoms with Crippen LogP contribution in [0.3, 0.4) is 0 Å². The molecule has 0 bridgehead atoms. The molecule has 2 N–H and O–H groups in total. The number of ether oxygens (including phenoxy) is 1. The molecule has 7 heteroatoms. The summed E-state index contributed by atoms with van der Waals surface area (Å²) in [6.07, 6.45) is -4.03. The van der Waals surface area contributed by atoms with Gasteiger partial charge in [0.1, 0.15) is 6.61 Å². The van der Waals surface area contributed by atoms with Crippen molar-refractivity contribution in [2.75, 3.05) is 24.7 Å². The SMILES string of the molecule is Cc1ccc(N)c(S(=O)CCCOCC(F)(F)F)c1. The predicted octanol–water partition coefficient (Wildman–Crippen LogP) is 2.65. The normalized spacial score (nSPS) is 13.5. The first kappa shape index (κ1) is 16.0. The first-order valence-corrected chi connectivity index (χ1v) is 7.00. The molecule has 0 aliphatic heterocycles. The monoisotopic (exact) mass is 295 g/mol. The Morgan fingerprint density at radius 2 is 2.05 bits per heavy atom. The molecule has 0 aliphatic carbocycles. The summed E-state index contributed by atoms with van der Waals surface area (Å²) in [5, 5.41) is 0. The smallest absolute Gasteiger partial charge is 0.398 e. The molecule has 1 aromatic carbocycles. The third-order valence-corrected chi connectivity index (χ3v) is 3.80. The van der Waals surface area contributed by atoms with E-state index in [-0.39, 0.29) is 18.8 Å². The van der Waals surface area contributed by atoms with Gasteiger partial charge in [0, 0.05) is 18.0 Å². The van der Waals surface area contributed by atoms with Crippen molar-refractivity contribution in [3.05, 3.63) is 23.8 Å². The lowest BCUT2D eigenvalue weighted by molar-refractivity contribution is -0.173. The molecule has 1 rings (SSSR count). The van der Waals surface area contributed by atoms with Gasteiger partial charge in [0.05, 0.1) is 15.7 Å². The first-order chi connectivity index (χ1) is 8.79. The zero-order valence-corrected chi connectivity index (χ0v) is 11.3. The summed E-state index contributed by atoms with van der Waals surface area (Å²) >= 11 is 0. The Labute approximate surface area is 112 Å². The number of nitrogen functional groups attached to an aromatic ring is 1. The van der Waals surface area contributed by atoms with Crippen molar-refractivity contribution in [2.24, 2.45) is 0 Å². The van der Waals surface area contributed by atoms with Crippen molar-refractivity contribution in [3.63, 3.8) is 0 Å². The van der Waals surface area contributed by atoms with Gasteiger partial charge in [-0.2, -0.15) is 13.2 Å². The molecule has 1 aromatic rings. The van der Waals surface area contributed by atoms with E-state index in [4.69, 9.17) is 5.73 Å². The summed E-state index contributed by atoms with van der Waals surface area (Å²) in [5.74, 6) is 0.228. The molecule has 3 nitrogen and oxygen atoms in total. The summed E-state index contributed by atoms with van der Waals surface area (Å²) in [4.78, 5) is 0.524. The van der Waals surface area contributed by atoms with Crippen molar-refractivity contribution < 1.29 is 22.1 Å². The highest BCUT2D eigenvalue weighted by molar-refractivity contribution is 7.85. The molecule has 1 unspecified atom stereocenters. The number of aryl methyl sites for hydroxylation is 1. The van der Waals surface area contributed by atoms with E-state index in [9.17, 15) is 17.4 Å². The molecular weight excluding hydrogens is 279 g/mol. The van der Waals surface area contributed by atoms with E-state index >= 15 is 0 Å². The van der Waals surface area contributed by atoms with Crippen molar-refractivity contribution in [1.82, 2.24) is 0 Å². The Kier molecular flexibility index (Phi) is 5.81. The van der Waals surface area contributed by atoms with Crippen molar-refractivity contribution in [3.8, 4) is 0 Å². The van der Waals surface area contributed by atoms with E-state index in [1.165, 1.54) is 0 Å². The lowest BCUT2D eigenvalue weighted by atomic mass is 10.2. The van der Waals surface area contributed by atoms with Gasteiger partial charge < -0.3 is 10.5 Å². The topological polar surface area (TPSA) is 52.3 Å².